The highest BCUT2D eigenvalue weighted by Gasteiger charge is 2.14. The Morgan fingerprint density at radius 3 is 2.62 bits per heavy atom. The molecule has 0 atom stereocenters. The molecule has 0 saturated carbocycles. The molecule has 3 aromatic rings. The molecule has 5 nitrogen and oxygen atoms in total. The van der Waals surface area contributed by atoms with Crippen molar-refractivity contribution in [3.8, 4) is 17.4 Å². The Bertz CT molecular complexity index is 867. The summed E-state index contributed by atoms with van der Waals surface area (Å²) < 4.78 is 11.1. The second-order valence-corrected chi connectivity index (χ2v) is 5.90. The number of aromatic nitrogens is 1. The van der Waals surface area contributed by atoms with Gasteiger partial charge in [-0.2, -0.15) is 5.26 Å². The lowest BCUT2D eigenvalue weighted by molar-refractivity contribution is 0.286. The smallest absolute Gasteiger partial charge is 0.138 e. The first-order chi connectivity index (χ1) is 11.6. The molecule has 0 radical (unpaired) electrons. The van der Waals surface area contributed by atoms with Crippen LogP contribution in [0.25, 0.3) is 11.3 Å². The first-order valence-corrected chi connectivity index (χ1v) is 7.77. The highest BCUT2D eigenvalue weighted by atomic mass is 16.5. The van der Waals surface area contributed by atoms with Gasteiger partial charge in [0.2, 0.25) is 0 Å². The maximum atomic E-state index is 9.21. The Hall–Kier alpha value is -2.84. The zero-order valence-electron chi connectivity index (χ0n) is 14.0. The van der Waals surface area contributed by atoms with Crippen LogP contribution in [-0.4, -0.2) is 17.1 Å². The predicted octanol–water partition coefficient (Wildman–Crippen LogP) is 4.06. The summed E-state index contributed by atoms with van der Waals surface area (Å²) in [7, 11) is 2.03. The van der Waals surface area contributed by atoms with E-state index in [0.29, 0.717) is 17.9 Å². The molecule has 1 aromatic carbocycles. The van der Waals surface area contributed by atoms with Crippen molar-refractivity contribution in [2.45, 2.75) is 26.9 Å². The van der Waals surface area contributed by atoms with E-state index in [1.807, 2.05) is 51.2 Å². The summed E-state index contributed by atoms with van der Waals surface area (Å²) in [6.45, 7) is 5.28. The third-order valence-corrected chi connectivity index (χ3v) is 4.01. The van der Waals surface area contributed by atoms with Gasteiger partial charge in [0, 0.05) is 17.7 Å². The van der Waals surface area contributed by atoms with Crippen molar-refractivity contribution in [3.05, 3.63) is 64.7 Å². The number of benzene rings is 1. The van der Waals surface area contributed by atoms with Crippen molar-refractivity contribution in [2.24, 2.45) is 0 Å². The van der Waals surface area contributed by atoms with Crippen molar-refractivity contribution >= 4 is 0 Å². The van der Waals surface area contributed by atoms with E-state index >= 15 is 0 Å². The van der Waals surface area contributed by atoms with Crippen LogP contribution >= 0.6 is 0 Å². The predicted molar refractivity (Wildman–Crippen MR) is 90.0 cm³/mol. The first kappa shape index (κ1) is 16.0. The molecule has 0 aliphatic heterocycles. The van der Waals surface area contributed by atoms with Gasteiger partial charge in [0.15, 0.2) is 0 Å². The SMILES string of the molecule is Cc1noc(C)c1CN(C)Cc1ccc(-c2ccccc2C#N)o1. The Kier molecular flexibility index (Phi) is 4.50. The van der Waals surface area contributed by atoms with Crippen molar-refractivity contribution < 1.29 is 8.94 Å². The summed E-state index contributed by atoms with van der Waals surface area (Å²) in [5.74, 6) is 2.42. The van der Waals surface area contributed by atoms with Gasteiger partial charge >= 0.3 is 0 Å². The second kappa shape index (κ2) is 6.73. The quantitative estimate of drug-likeness (QED) is 0.709. The van der Waals surface area contributed by atoms with Gasteiger partial charge in [0.1, 0.15) is 17.3 Å². The van der Waals surface area contributed by atoms with Crippen LogP contribution < -0.4 is 0 Å². The third-order valence-electron chi connectivity index (χ3n) is 4.01. The lowest BCUT2D eigenvalue weighted by atomic mass is 10.1. The average molecular weight is 321 g/mol. The Balaban J connectivity index is 1.73. The minimum atomic E-state index is 0.613. The molecule has 0 N–H and O–H groups in total. The maximum Gasteiger partial charge on any atom is 0.138 e. The van der Waals surface area contributed by atoms with Crippen LogP contribution in [-0.2, 0) is 13.1 Å². The van der Waals surface area contributed by atoms with E-state index in [1.54, 1.807) is 6.07 Å². The standard InChI is InChI=1S/C19H19N3O2/c1-13-18(14(2)24-21-13)12-22(3)11-16-8-9-19(23-16)17-7-5-4-6-15(17)10-20/h4-9H,11-12H2,1-3H3. The van der Waals surface area contributed by atoms with Gasteiger partial charge in [0.05, 0.1) is 23.9 Å². The van der Waals surface area contributed by atoms with Crippen LogP contribution in [0, 0.1) is 25.2 Å². The Morgan fingerprint density at radius 1 is 1.12 bits per heavy atom. The van der Waals surface area contributed by atoms with Crippen molar-refractivity contribution in [3.63, 3.8) is 0 Å². The van der Waals surface area contributed by atoms with Crippen molar-refractivity contribution in [1.82, 2.24) is 10.1 Å². The minimum Gasteiger partial charge on any atom is -0.460 e. The third kappa shape index (κ3) is 3.24. The van der Waals surface area contributed by atoms with Crippen LogP contribution in [0.4, 0.5) is 0 Å². The molecule has 0 bridgehead atoms. The summed E-state index contributed by atoms with van der Waals surface area (Å²) in [6.07, 6.45) is 0. The van der Waals surface area contributed by atoms with E-state index in [4.69, 9.17) is 8.94 Å². The zero-order chi connectivity index (χ0) is 17.1. The molecule has 0 aliphatic carbocycles. The van der Waals surface area contributed by atoms with Gasteiger partial charge in [-0.05, 0) is 45.2 Å². The fraction of sp³-hybridized carbons (Fsp3) is 0.263. The highest BCUT2D eigenvalue weighted by molar-refractivity contribution is 5.66. The summed E-state index contributed by atoms with van der Waals surface area (Å²) in [4.78, 5) is 2.14. The van der Waals surface area contributed by atoms with Gasteiger partial charge in [-0.15, -0.1) is 0 Å². The van der Waals surface area contributed by atoms with Crippen LogP contribution in [0.2, 0.25) is 0 Å². The normalized spacial score (nSPS) is 11.0. The van der Waals surface area contributed by atoms with Gasteiger partial charge in [0.25, 0.3) is 0 Å². The number of furan rings is 1. The van der Waals surface area contributed by atoms with Gasteiger partial charge in [-0.25, -0.2) is 0 Å². The van der Waals surface area contributed by atoms with E-state index < -0.39 is 0 Å². The monoisotopic (exact) mass is 321 g/mol. The molecule has 2 heterocycles. The molecule has 0 amide bonds. The number of nitrogens with zero attached hydrogens (tertiary/aromatic N) is 3. The highest BCUT2D eigenvalue weighted by Crippen LogP contribution is 2.26. The van der Waals surface area contributed by atoms with E-state index in [0.717, 1.165) is 34.9 Å². The number of hydrogen-bond acceptors (Lipinski definition) is 5. The molecular formula is C19H19N3O2. The maximum absolute atomic E-state index is 9.21. The molecule has 0 unspecified atom stereocenters. The fourth-order valence-electron chi connectivity index (χ4n) is 2.72. The second-order valence-electron chi connectivity index (χ2n) is 5.90. The molecule has 5 heteroatoms. The van der Waals surface area contributed by atoms with Crippen LogP contribution in [0.3, 0.4) is 0 Å². The average Bonchev–Trinajstić information content (AvgIpc) is 3.16. The van der Waals surface area contributed by atoms with Gasteiger partial charge < -0.3 is 8.94 Å². The number of rotatable bonds is 5. The molecule has 0 spiro atoms. The largest absolute Gasteiger partial charge is 0.460 e. The van der Waals surface area contributed by atoms with Crippen LogP contribution in [0.1, 0.15) is 28.3 Å². The molecule has 122 valence electrons. The van der Waals surface area contributed by atoms with E-state index in [1.165, 1.54) is 0 Å². The Labute approximate surface area is 141 Å². The lowest BCUT2D eigenvalue weighted by Crippen LogP contribution is -2.17. The molecule has 3 rings (SSSR count). The fourth-order valence-corrected chi connectivity index (χ4v) is 2.72. The topological polar surface area (TPSA) is 66.2 Å². The molecule has 0 aliphatic rings. The number of nitriles is 1. The molecule has 2 aromatic heterocycles. The zero-order valence-corrected chi connectivity index (χ0v) is 14.0. The summed E-state index contributed by atoms with van der Waals surface area (Å²) in [5.41, 5.74) is 3.46. The van der Waals surface area contributed by atoms with Gasteiger partial charge in [-0.3, -0.25) is 4.90 Å². The number of aryl methyl sites for hydroxylation is 2. The molecule has 24 heavy (non-hydrogen) atoms. The van der Waals surface area contributed by atoms with E-state index in [-0.39, 0.29) is 0 Å². The first-order valence-electron chi connectivity index (χ1n) is 7.77. The molecule has 0 fully saturated rings. The molecule has 0 saturated heterocycles. The van der Waals surface area contributed by atoms with E-state index in [2.05, 4.69) is 16.1 Å². The summed E-state index contributed by atoms with van der Waals surface area (Å²) >= 11 is 0. The number of hydrogen-bond donors (Lipinski definition) is 0. The van der Waals surface area contributed by atoms with Crippen molar-refractivity contribution in [2.75, 3.05) is 7.05 Å². The van der Waals surface area contributed by atoms with Gasteiger partial charge in [-0.1, -0.05) is 17.3 Å². The van der Waals surface area contributed by atoms with Crippen molar-refractivity contribution in [1.29, 1.82) is 5.26 Å². The Morgan fingerprint density at radius 2 is 1.92 bits per heavy atom. The molecular weight excluding hydrogens is 302 g/mol. The summed E-state index contributed by atoms with van der Waals surface area (Å²) in [5, 5.41) is 13.2. The van der Waals surface area contributed by atoms with E-state index in [9.17, 15) is 5.26 Å². The summed E-state index contributed by atoms with van der Waals surface area (Å²) in [6, 6.07) is 13.5. The lowest BCUT2D eigenvalue weighted by Gasteiger charge is -2.14. The minimum absolute atomic E-state index is 0.613. The van der Waals surface area contributed by atoms with Crippen LogP contribution in [0.5, 0.6) is 0 Å². The van der Waals surface area contributed by atoms with Crippen LogP contribution in [0.15, 0.2) is 45.3 Å².